The second-order valence-electron chi connectivity index (χ2n) is 4.13. The zero-order valence-electron chi connectivity index (χ0n) is 9.73. The molecule has 6 heteroatoms. The number of hydrogen-bond donors (Lipinski definition) is 1. The lowest BCUT2D eigenvalue weighted by atomic mass is 10.0. The molecule has 1 unspecified atom stereocenters. The van der Waals surface area contributed by atoms with E-state index in [-0.39, 0.29) is 11.0 Å². The zero-order valence-corrected chi connectivity index (χ0v) is 10.6. The minimum Gasteiger partial charge on any atom is -0.392 e. The van der Waals surface area contributed by atoms with E-state index < -0.39 is 11.6 Å². The molecular weight excluding hydrogens is 258 g/mol. The molecule has 0 bridgehead atoms. The maximum Gasteiger partial charge on any atom is 0.159 e. The molecule has 1 aromatic carbocycles. The van der Waals surface area contributed by atoms with Gasteiger partial charge in [0.05, 0.1) is 24.2 Å². The first-order chi connectivity index (χ1) is 8.59. The molecule has 18 heavy (non-hydrogen) atoms. The van der Waals surface area contributed by atoms with Gasteiger partial charge >= 0.3 is 0 Å². The van der Waals surface area contributed by atoms with Crippen LogP contribution in [0.5, 0.6) is 0 Å². The van der Waals surface area contributed by atoms with Gasteiger partial charge in [-0.2, -0.15) is 0 Å². The first-order valence-corrected chi connectivity index (χ1v) is 6.06. The fourth-order valence-electron chi connectivity index (χ4n) is 2.07. The lowest BCUT2D eigenvalue weighted by Gasteiger charge is -2.34. The number of ether oxygens (including phenoxy) is 1. The van der Waals surface area contributed by atoms with Gasteiger partial charge in [-0.25, -0.2) is 8.78 Å². The van der Waals surface area contributed by atoms with Crippen molar-refractivity contribution in [3.63, 3.8) is 0 Å². The Morgan fingerprint density at radius 3 is 2.50 bits per heavy atom. The maximum atomic E-state index is 13.3. The fraction of sp³-hybridized carbons (Fsp3) is 0.417. The van der Waals surface area contributed by atoms with Crippen LogP contribution >= 0.6 is 12.2 Å². The summed E-state index contributed by atoms with van der Waals surface area (Å²) < 4.78 is 31.4. The van der Waals surface area contributed by atoms with E-state index in [2.05, 4.69) is 0 Å². The van der Waals surface area contributed by atoms with Gasteiger partial charge in [0.15, 0.2) is 11.6 Å². The number of morpholine rings is 1. The number of hydrogen-bond acceptors (Lipinski definition) is 3. The summed E-state index contributed by atoms with van der Waals surface area (Å²) in [6.07, 6.45) is 0. The van der Waals surface area contributed by atoms with Crippen molar-refractivity contribution >= 4 is 17.2 Å². The highest BCUT2D eigenvalue weighted by Crippen LogP contribution is 2.23. The van der Waals surface area contributed by atoms with E-state index in [9.17, 15) is 8.78 Å². The molecule has 2 rings (SSSR count). The van der Waals surface area contributed by atoms with Crippen molar-refractivity contribution < 1.29 is 13.5 Å². The molecule has 1 saturated heterocycles. The number of nitrogens with two attached hydrogens (primary N) is 1. The largest absolute Gasteiger partial charge is 0.392 e. The Morgan fingerprint density at radius 1 is 1.28 bits per heavy atom. The predicted octanol–water partition coefficient (Wildman–Crippen LogP) is 1.62. The number of nitrogens with zero attached hydrogens (tertiary/aromatic N) is 1. The molecule has 1 aliphatic rings. The Morgan fingerprint density at radius 2 is 1.94 bits per heavy atom. The van der Waals surface area contributed by atoms with E-state index in [1.807, 2.05) is 4.90 Å². The monoisotopic (exact) mass is 272 g/mol. The molecule has 0 aromatic heterocycles. The van der Waals surface area contributed by atoms with E-state index in [0.717, 1.165) is 12.1 Å². The maximum absolute atomic E-state index is 13.3. The van der Waals surface area contributed by atoms with Crippen molar-refractivity contribution in [3.05, 3.63) is 35.4 Å². The van der Waals surface area contributed by atoms with Gasteiger partial charge in [0.25, 0.3) is 0 Å². The minimum atomic E-state index is -0.887. The SMILES string of the molecule is NC(=S)C(c1ccc(F)c(F)c1)N1CCOCC1. The lowest BCUT2D eigenvalue weighted by molar-refractivity contribution is 0.0288. The van der Waals surface area contributed by atoms with Crippen LogP contribution in [0.3, 0.4) is 0 Å². The molecule has 98 valence electrons. The summed E-state index contributed by atoms with van der Waals surface area (Å²) in [7, 11) is 0. The number of benzene rings is 1. The van der Waals surface area contributed by atoms with Crippen molar-refractivity contribution in [1.82, 2.24) is 4.90 Å². The van der Waals surface area contributed by atoms with E-state index in [0.29, 0.717) is 31.9 Å². The van der Waals surface area contributed by atoms with Crippen molar-refractivity contribution in [2.24, 2.45) is 5.73 Å². The quantitative estimate of drug-likeness (QED) is 0.849. The first-order valence-electron chi connectivity index (χ1n) is 5.65. The lowest BCUT2D eigenvalue weighted by Crippen LogP contribution is -2.43. The minimum absolute atomic E-state index is 0.253. The Bertz CT molecular complexity index is 450. The molecule has 0 spiro atoms. The molecule has 1 aliphatic heterocycles. The van der Waals surface area contributed by atoms with Crippen LogP contribution in [0.1, 0.15) is 11.6 Å². The Hall–Kier alpha value is -1.11. The third-order valence-corrected chi connectivity index (χ3v) is 3.16. The summed E-state index contributed by atoms with van der Waals surface area (Å²) in [4.78, 5) is 2.27. The van der Waals surface area contributed by atoms with Crippen LogP contribution in [0.15, 0.2) is 18.2 Å². The van der Waals surface area contributed by atoms with Gasteiger partial charge in [0, 0.05) is 13.1 Å². The van der Waals surface area contributed by atoms with Gasteiger partial charge in [-0.05, 0) is 17.7 Å². The van der Waals surface area contributed by atoms with E-state index in [1.54, 1.807) is 0 Å². The molecule has 1 aromatic rings. The molecule has 0 saturated carbocycles. The average Bonchev–Trinajstić information content (AvgIpc) is 2.35. The highest BCUT2D eigenvalue weighted by Gasteiger charge is 2.25. The summed E-state index contributed by atoms with van der Waals surface area (Å²) in [5.41, 5.74) is 6.29. The van der Waals surface area contributed by atoms with Crippen molar-refractivity contribution in [3.8, 4) is 0 Å². The van der Waals surface area contributed by atoms with Gasteiger partial charge in [-0.1, -0.05) is 18.3 Å². The molecule has 1 fully saturated rings. The number of halogens is 2. The number of thiocarbonyl (C=S) groups is 1. The average molecular weight is 272 g/mol. The molecule has 1 atom stereocenters. The second kappa shape index (κ2) is 5.69. The zero-order chi connectivity index (χ0) is 13.1. The van der Waals surface area contributed by atoms with Crippen LogP contribution in [0.25, 0.3) is 0 Å². The van der Waals surface area contributed by atoms with Gasteiger partial charge in [0.2, 0.25) is 0 Å². The summed E-state index contributed by atoms with van der Waals surface area (Å²) >= 11 is 5.04. The van der Waals surface area contributed by atoms with Gasteiger partial charge in [-0.15, -0.1) is 0 Å². The highest BCUT2D eigenvalue weighted by atomic mass is 32.1. The summed E-state index contributed by atoms with van der Waals surface area (Å²) in [6.45, 7) is 2.51. The first kappa shape index (κ1) is 13.3. The summed E-state index contributed by atoms with van der Waals surface area (Å²) in [5, 5.41) is 0. The van der Waals surface area contributed by atoms with E-state index in [4.69, 9.17) is 22.7 Å². The van der Waals surface area contributed by atoms with Crippen LogP contribution in [-0.2, 0) is 4.74 Å². The van der Waals surface area contributed by atoms with Crippen LogP contribution < -0.4 is 5.73 Å². The summed E-state index contributed by atoms with van der Waals surface area (Å²) in [5.74, 6) is -1.76. The van der Waals surface area contributed by atoms with Crippen LogP contribution in [0.2, 0.25) is 0 Å². The molecule has 0 amide bonds. The van der Waals surface area contributed by atoms with Crippen LogP contribution in [-0.4, -0.2) is 36.2 Å². The standard InChI is InChI=1S/C12H14F2N2OS/c13-9-2-1-8(7-10(9)14)11(12(15)18)16-3-5-17-6-4-16/h1-2,7,11H,3-6H2,(H2,15,18). The van der Waals surface area contributed by atoms with E-state index in [1.165, 1.54) is 6.07 Å². The third kappa shape index (κ3) is 2.82. The van der Waals surface area contributed by atoms with Gasteiger partial charge < -0.3 is 10.5 Å². The smallest absolute Gasteiger partial charge is 0.159 e. The summed E-state index contributed by atoms with van der Waals surface area (Å²) in [6, 6.07) is 3.38. The second-order valence-corrected chi connectivity index (χ2v) is 4.60. The third-order valence-electron chi connectivity index (χ3n) is 2.94. The Kier molecular flexibility index (Phi) is 4.21. The molecule has 1 heterocycles. The Balaban J connectivity index is 2.28. The van der Waals surface area contributed by atoms with Crippen molar-refractivity contribution in [2.45, 2.75) is 6.04 Å². The van der Waals surface area contributed by atoms with Crippen LogP contribution in [0.4, 0.5) is 8.78 Å². The highest BCUT2D eigenvalue weighted by molar-refractivity contribution is 7.80. The van der Waals surface area contributed by atoms with Crippen molar-refractivity contribution in [1.29, 1.82) is 0 Å². The van der Waals surface area contributed by atoms with Gasteiger partial charge in [0.1, 0.15) is 0 Å². The normalized spacial score (nSPS) is 18.6. The van der Waals surface area contributed by atoms with Crippen LogP contribution in [0, 0.1) is 11.6 Å². The molecule has 0 radical (unpaired) electrons. The molecule has 0 aliphatic carbocycles. The Labute approximate surface area is 110 Å². The van der Waals surface area contributed by atoms with Crippen molar-refractivity contribution in [2.75, 3.05) is 26.3 Å². The fourth-order valence-corrected chi connectivity index (χ4v) is 2.36. The predicted molar refractivity (Wildman–Crippen MR) is 68.3 cm³/mol. The molecular formula is C12H14F2N2OS. The van der Waals surface area contributed by atoms with Gasteiger partial charge in [-0.3, -0.25) is 4.90 Å². The number of rotatable bonds is 3. The molecule has 2 N–H and O–H groups in total. The van der Waals surface area contributed by atoms with E-state index >= 15 is 0 Å². The molecule has 3 nitrogen and oxygen atoms in total. The topological polar surface area (TPSA) is 38.5 Å².